The summed E-state index contributed by atoms with van der Waals surface area (Å²) in [5, 5.41) is 0.394. The molecule has 2 rings (SSSR count). The summed E-state index contributed by atoms with van der Waals surface area (Å²) >= 11 is 6.01. The van der Waals surface area contributed by atoms with Gasteiger partial charge in [-0.05, 0) is 42.5 Å². The summed E-state index contributed by atoms with van der Waals surface area (Å²) in [6, 6.07) is 11.5. The molecule has 5 nitrogen and oxygen atoms in total. The first-order valence-electron chi connectivity index (χ1n) is 5.44. The zero-order valence-electron chi connectivity index (χ0n) is 9.89. The molecule has 0 aliphatic carbocycles. The van der Waals surface area contributed by atoms with Crippen molar-refractivity contribution in [1.29, 1.82) is 0 Å². The van der Waals surface area contributed by atoms with Crippen LogP contribution in [0.15, 0.2) is 42.5 Å². The van der Waals surface area contributed by atoms with Gasteiger partial charge in [0.15, 0.2) is 0 Å². The highest BCUT2D eigenvalue weighted by Gasteiger charge is 2.09. The lowest BCUT2D eigenvalue weighted by Crippen LogP contribution is -2.29. The molecule has 98 valence electrons. The van der Waals surface area contributed by atoms with Crippen LogP contribution in [0.1, 0.15) is 10.4 Å². The molecule has 0 atom stereocenters. The normalized spacial score (nSPS) is 10.0. The average molecular weight is 278 g/mol. The Morgan fingerprint density at radius 3 is 2.47 bits per heavy atom. The predicted molar refractivity (Wildman–Crippen MR) is 74.0 cm³/mol. The summed E-state index contributed by atoms with van der Waals surface area (Å²) in [6.45, 7) is 0. The molecule has 0 aliphatic heterocycles. The van der Waals surface area contributed by atoms with Gasteiger partial charge in [0.1, 0.15) is 11.5 Å². The number of nitrogens with two attached hydrogens (primary N) is 2. The molecular weight excluding hydrogens is 266 g/mol. The summed E-state index contributed by atoms with van der Waals surface area (Å²) < 4.78 is 5.59. The number of nitrogen functional groups attached to an aromatic ring is 2. The Balaban J connectivity index is 2.28. The van der Waals surface area contributed by atoms with E-state index < -0.39 is 5.91 Å². The molecule has 0 unspecified atom stereocenters. The summed E-state index contributed by atoms with van der Waals surface area (Å²) in [6.07, 6.45) is 0. The smallest absolute Gasteiger partial charge is 0.265 e. The van der Waals surface area contributed by atoms with Crippen LogP contribution in [-0.2, 0) is 0 Å². The minimum atomic E-state index is -0.418. The van der Waals surface area contributed by atoms with E-state index in [9.17, 15) is 4.79 Å². The number of carbonyl (C=O) groups excluding carboxylic acids is 1. The Bertz CT molecular complexity index is 599. The first kappa shape index (κ1) is 13.2. The van der Waals surface area contributed by atoms with Gasteiger partial charge < -0.3 is 10.5 Å². The van der Waals surface area contributed by atoms with Crippen LogP contribution < -0.4 is 21.7 Å². The van der Waals surface area contributed by atoms with Crippen molar-refractivity contribution < 1.29 is 9.53 Å². The second-order valence-corrected chi connectivity index (χ2v) is 4.20. The second-order valence-electron chi connectivity index (χ2n) is 3.79. The lowest BCUT2D eigenvalue weighted by atomic mass is 10.2. The fourth-order valence-electron chi connectivity index (χ4n) is 1.47. The van der Waals surface area contributed by atoms with E-state index in [0.29, 0.717) is 27.8 Å². The molecule has 5 N–H and O–H groups in total. The van der Waals surface area contributed by atoms with Crippen LogP contribution in [0.3, 0.4) is 0 Å². The molecule has 1 amide bonds. The number of anilines is 1. The molecule has 0 aliphatic rings. The molecule has 0 fully saturated rings. The number of hydrogen-bond donors (Lipinski definition) is 3. The molecule has 2 aromatic carbocycles. The maximum Gasteiger partial charge on any atom is 0.265 e. The van der Waals surface area contributed by atoms with Gasteiger partial charge in [-0.2, -0.15) is 0 Å². The van der Waals surface area contributed by atoms with Gasteiger partial charge in [0.25, 0.3) is 5.91 Å². The van der Waals surface area contributed by atoms with E-state index in [1.165, 1.54) is 6.07 Å². The monoisotopic (exact) mass is 277 g/mol. The van der Waals surface area contributed by atoms with Crippen molar-refractivity contribution in [1.82, 2.24) is 5.43 Å². The van der Waals surface area contributed by atoms with Gasteiger partial charge >= 0.3 is 0 Å². The number of benzene rings is 2. The largest absolute Gasteiger partial charge is 0.456 e. The topological polar surface area (TPSA) is 90.4 Å². The van der Waals surface area contributed by atoms with Crippen molar-refractivity contribution in [2.24, 2.45) is 5.84 Å². The summed E-state index contributed by atoms with van der Waals surface area (Å²) in [5.74, 6) is 5.60. The van der Waals surface area contributed by atoms with Crippen molar-refractivity contribution in [3.8, 4) is 11.5 Å². The third-order valence-corrected chi connectivity index (χ3v) is 2.74. The summed E-state index contributed by atoms with van der Waals surface area (Å²) in [5.41, 5.74) is 8.62. The van der Waals surface area contributed by atoms with Crippen LogP contribution in [0.5, 0.6) is 11.5 Å². The maximum absolute atomic E-state index is 11.4. The number of halogens is 1. The highest BCUT2D eigenvalue weighted by molar-refractivity contribution is 6.32. The number of ether oxygens (including phenoxy) is 1. The van der Waals surface area contributed by atoms with Crippen molar-refractivity contribution in [2.75, 3.05) is 5.73 Å². The van der Waals surface area contributed by atoms with Gasteiger partial charge in [0.05, 0.1) is 5.02 Å². The molecule has 19 heavy (non-hydrogen) atoms. The molecule has 0 heterocycles. The molecule has 0 aromatic heterocycles. The standard InChI is InChI=1S/C13H12ClN3O2/c14-11-6-1-8(13(18)17-16)7-12(11)19-10-4-2-9(15)3-5-10/h1-7H,15-16H2,(H,17,18). The van der Waals surface area contributed by atoms with E-state index in [-0.39, 0.29) is 0 Å². The zero-order valence-corrected chi connectivity index (χ0v) is 10.6. The number of nitrogens with one attached hydrogen (secondary N) is 1. The Kier molecular flexibility index (Phi) is 3.89. The van der Waals surface area contributed by atoms with Crippen LogP contribution >= 0.6 is 11.6 Å². The van der Waals surface area contributed by atoms with Gasteiger partial charge in [0, 0.05) is 11.3 Å². The first-order chi connectivity index (χ1) is 9.10. The number of hydrogen-bond acceptors (Lipinski definition) is 4. The second kappa shape index (κ2) is 5.60. The summed E-state index contributed by atoms with van der Waals surface area (Å²) in [7, 11) is 0. The third-order valence-electron chi connectivity index (χ3n) is 2.43. The molecule has 0 saturated heterocycles. The first-order valence-corrected chi connectivity index (χ1v) is 5.82. The SMILES string of the molecule is NNC(=O)c1ccc(Cl)c(Oc2ccc(N)cc2)c1. The van der Waals surface area contributed by atoms with Gasteiger partial charge in [0.2, 0.25) is 0 Å². The zero-order chi connectivity index (χ0) is 13.8. The molecule has 0 bridgehead atoms. The van der Waals surface area contributed by atoms with E-state index in [1.54, 1.807) is 36.4 Å². The van der Waals surface area contributed by atoms with Gasteiger partial charge in [-0.3, -0.25) is 10.2 Å². The van der Waals surface area contributed by atoms with Crippen molar-refractivity contribution in [3.63, 3.8) is 0 Å². The Morgan fingerprint density at radius 2 is 1.84 bits per heavy atom. The Hall–Kier alpha value is -2.24. The fraction of sp³-hybridized carbons (Fsp3) is 0. The van der Waals surface area contributed by atoms with Gasteiger partial charge in [-0.25, -0.2) is 5.84 Å². The fourth-order valence-corrected chi connectivity index (χ4v) is 1.63. The molecule has 6 heteroatoms. The highest BCUT2D eigenvalue weighted by Crippen LogP contribution is 2.30. The van der Waals surface area contributed by atoms with Crippen molar-refractivity contribution >= 4 is 23.2 Å². The number of rotatable bonds is 3. The van der Waals surface area contributed by atoms with Crippen LogP contribution in [-0.4, -0.2) is 5.91 Å². The number of carbonyl (C=O) groups is 1. The lowest BCUT2D eigenvalue weighted by molar-refractivity contribution is 0.0953. The van der Waals surface area contributed by atoms with E-state index in [1.807, 2.05) is 5.43 Å². The van der Waals surface area contributed by atoms with E-state index in [2.05, 4.69) is 0 Å². The third kappa shape index (κ3) is 3.15. The lowest BCUT2D eigenvalue weighted by Gasteiger charge is -2.09. The van der Waals surface area contributed by atoms with E-state index >= 15 is 0 Å². The number of amides is 1. The van der Waals surface area contributed by atoms with E-state index in [0.717, 1.165) is 0 Å². The Morgan fingerprint density at radius 1 is 1.16 bits per heavy atom. The quantitative estimate of drug-likeness (QED) is 0.347. The number of hydrazine groups is 1. The van der Waals surface area contributed by atoms with Crippen LogP contribution in [0, 0.1) is 0 Å². The van der Waals surface area contributed by atoms with Gasteiger partial charge in [-0.1, -0.05) is 11.6 Å². The predicted octanol–water partition coefficient (Wildman–Crippen LogP) is 2.32. The van der Waals surface area contributed by atoms with Gasteiger partial charge in [-0.15, -0.1) is 0 Å². The minimum Gasteiger partial charge on any atom is -0.456 e. The molecule has 0 saturated carbocycles. The van der Waals surface area contributed by atoms with Crippen LogP contribution in [0.25, 0.3) is 0 Å². The van der Waals surface area contributed by atoms with E-state index in [4.69, 9.17) is 27.9 Å². The minimum absolute atomic E-state index is 0.359. The molecule has 0 spiro atoms. The van der Waals surface area contributed by atoms with Crippen LogP contribution in [0.2, 0.25) is 5.02 Å². The Labute approximate surface area is 115 Å². The van der Waals surface area contributed by atoms with Crippen LogP contribution in [0.4, 0.5) is 5.69 Å². The molecule has 2 aromatic rings. The molecule has 0 radical (unpaired) electrons. The maximum atomic E-state index is 11.4. The van der Waals surface area contributed by atoms with Crippen molar-refractivity contribution in [2.45, 2.75) is 0 Å². The average Bonchev–Trinajstić information content (AvgIpc) is 2.43. The van der Waals surface area contributed by atoms with Crippen molar-refractivity contribution in [3.05, 3.63) is 53.1 Å². The summed E-state index contributed by atoms with van der Waals surface area (Å²) in [4.78, 5) is 11.4. The highest BCUT2D eigenvalue weighted by atomic mass is 35.5. The molecular formula is C13H12ClN3O2.